The Labute approximate surface area is 96.3 Å². The fraction of sp³-hybridized carbons (Fsp3) is 0.583. The van der Waals surface area contributed by atoms with Crippen molar-refractivity contribution < 1.29 is 5.11 Å². The van der Waals surface area contributed by atoms with Crippen LogP contribution in [-0.4, -0.2) is 15.7 Å². The van der Waals surface area contributed by atoms with Crippen molar-refractivity contribution >= 4 is 11.6 Å². The van der Waals surface area contributed by atoms with Crippen molar-refractivity contribution in [2.45, 2.75) is 39.7 Å². The van der Waals surface area contributed by atoms with E-state index in [9.17, 15) is 5.11 Å². The van der Waals surface area contributed by atoms with Crippen molar-refractivity contribution in [2.24, 2.45) is 5.41 Å². The molecule has 0 spiro atoms. The maximum absolute atomic E-state index is 10.3. The summed E-state index contributed by atoms with van der Waals surface area (Å²) in [5.74, 6) is 0. The molecule has 1 rings (SSSR count). The number of hydrogen-bond donors (Lipinski definition) is 1. The zero-order chi connectivity index (χ0) is 11.7. The molecular formula is C12H18ClNO. The molecule has 0 saturated heterocycles. The normalized spacial score (nSPS) is 16.1. The van der Waals surface area contributed by atoms with Crippen LogP contribution < -0.4 is 0 Å². The van der Waals surface area contributed by atoms with E-state index in [1.54, 1.807) is 6.20 Å². The molecule has 1 atom stereocenters. The summed E-state index contributed by atoms with van der Waals surface area (Å²) in [6.07, 6.45) is 2.17. The molecule has 15 heavy (non-hydrogen) atoms. The third kappa shape index (κ3) is 2.93. The average Bonchev–Trinajstić information content (AvgIpc) is 2.06. The van der Waals surface area contributed by atoms with Gasteiger partial charge in [-0.25, -0.2) is 4.98 Å². The second-order valence-electron chi connectivity index (χ2n) is 5.15. The van der Waals surface area contributed by atoms with Gasteiger partial charge in [-0.05, 0) is 24.0 Å². The fourth-order valence-electron chi connectivity index (χ4n) is 1.19. The van der Waals surface area contributed by atoms with Gasteiger partial charge in [0.1, 0.15) is 5.15 Å². The van der Waals surface area contributed by atoms with E-state index in [1.165, 1.54) is 0 Å². The molecule has 1 N–H and O–H groups in total. The van der Waals surface area contributed by atoms with E-state index in [-0.39, 0.29) is 5.41 Å². The molecule has 0 aromatic carbocycles. The van der Waals surface area contributed by atoms with Gasteiger partial charge in [0.2, 0.25) is 0 Å². The minimum Gasteiger partial charge on any atom is -0.389 e. The van der Waals surface area contributed by atoms with Crippen LogP contribution in [0.2, 0.25) is 5.15 Å². The first-order valence-electron chi connectivity index (χ1n) is 5.06. The minimum absolute atomic E-state index is 0.188. The number of aliphatic hydroxyl groups is 1. The van der Waals surface area contributed by atoms with Crippen LogP contribution in [0.15, 0.2) is 18.3 Å². The summed E-state index contributed by atoms with van der Waals surface area (Å²) in [6, 6.07) is 3.73. The molecule has 1 unspecified atom stereocenters. The maximum atomic E-state index is 10.3. The van der Waals surface area contributed by atoms with Crippen LogP contribution >= 0.6 is 11.6 Å². The van der Waals surface area contributed by atoms with Gasteiger partial charge in [0.05, 0.1) is 5.60 Å². The molecule has 1 heterocycles. The topological polar surface area (TPSA) is 33.1 Å². The van der Waals surface area contributed by atoms with Gasteiger partial charge in [-0.15, -0.1) is 0 Å². The molecule has 1 aromatic rings. The zero-order valence-electron chi connectivity index (χ0n) is 9.71. The number of pyridine rings is 1. The summed E-state index contributed by atoms with van der Waals surface area (Å²) >= 11 is 5.96. The van der Waals surface area contributed by atoms with Crippen molar-refractivity contribution in [1.29, 1.82) is 0 Å². The van der Waals surface area contributed by atoms with Crippen LogP contribution in [0.1, 0.15) is 33.3 Å². The lowest BCUT2D eigenvalue weighted by atomic mass is 9.74. The highest BCUT2D eigenvalue weighted by Gasteiger charge is 2.35. The Kier molecular flexibility index (Phi) is 3.41. The number of halogens is 1. The Hall–Kier alpha value is -0.600. The first-order valence-corrected chi connectivity index (χ1v) is 5.43. The Morgan fingerprint density at radius 2 is 1.93 bits per heavy atom. The largest absolute Gasteiger partial charge is 0.389 e. The molecule has 0 saturated carbocycles. The van der Waals surface area contributed by atoms with Crippen molar-refractivity contribution in [3.63, 3.8) is 0 Å². The quantitative estimate of drug-likeness (QED) is 0.788. The molecule has 0 aliphatic rings. The Morgan fingerprint density at radius 1 is 1.33 bits per heavy atom. The van der Waals surface area contributed by atoms with Gasteiger partial charge in [-0.3, -0.25) is 0 Å². The standard InChI is InChI=1S/C12H18ClNO/c1-11(2,3)12(4,15)8-9-6-5-7-14-10(9)13/h5-7,15H,8H2,1-4H3. The summed E-state index contributed by atoms with van der Waals surface area (Å²) in [5.41, 5.74) is -0.0923. The predicted molar refractivity (Wildman–Crippen MR) is 63.0 cm³/mol. The van der Waals surface area contributed by atoms with E-state index < -0.39 is 5.60 Å². The number of nitrogens with zero attached hydrogens (tertiary/aromatic N) is 1. The van der Waals surface area contributed by atoms with Crippen LogP contribution in [0.25, 0.3) is 0 Å². The van der Waals surface area contributed by atoms with E-state index >= 15 is 0 Å². The van der Waals surface area contributed by atoms with Crippen LogP contribution in [0, 0.1) is 5.41 Å². The third-order valence-corrected chi connectivity index (χ3v) is 3.33. The average molecular weight is 228 g/mol. The predicted octanol–water partition coefficient (Wildman–Crippen LogP) is 3.07. The van der Waals surface area contributed by atoms with E-state index in [0.29, 0.717) is 11.6 Å². The number of aromatic nitrogens is 1. The molecule has 0 aliphatic heterocycles. The smallest absolute Gasteiger partial charge is 0.132 e. The van der Waals surface area contributed by atoms with Crippen LogP contribution in [0.3, 0.4) is 0 Å². The van der Waals surface area contributed by atoms with Gasteiger partial charge >= 0.3 is 0 Å². The highest BCUT2D eigenvalue weighted by atomic mass is 35.5. The lowest BCUT2D eigenvalue weighted by molar-refractivity contribution is -0.0406. The van der Waals surface area contributed by atoms with E-state index in [0.717, 1.165) is 5.56 Å². The first-order chi connectivity index (χ1) is 6.74. The summed E-state index contributed by atoms with van der Waals surface area (Å²) in [4.78, 5) is 4.00. The highest BCUT2D eigenvalue weighted by molar-refractivity contribution is 6.30. The fourth-order valence-corrected chi connectivity index (χ4v) is 1.37. The van der Waals surface area contributed by atoms with Gasteiger partial charge in [-0.2, -0.15) is 0 Å². The molecule has 0 radical (unpaired) electrons. The van der Waals surface area contributed by atoms with Crippen molar-refractivity contribution in [3.05, 3.63) is 29.0 Å². The lowest BCUT2D eigenvalue weighted by Gasteiger charge is -2.37. The van der Waals surface area contributed by atoms with Crippen molar-refractivity contribution in [2.75, 3.05) is 0 Å². The molecule has 0 fully saturated rings. The minimum atomic E-state index is -0.792. The van der Waals surface area contributed by atoms with Crippen LogP contribution in [-0.2, 0) is 6.42 Å². The first kappa shape index (κ1) is 12.5. The molecular weight excluding hydrogens is 210 g/mol. The Balaban J connectivity index is 2.92. The molecule has 0 amide bonds. The zero-order valence-corrected chi connectivity index (χ0v) is 10.5. The number of rotatable bonds is 2. The second-order valence-corrected chi connectivity index (χ2v) is 5.51. The SMILES string of the molecule is CC(C)(C)C(C)(O)Cc1cccnc1Cl. The molecule has 84 valence electrons. The van der Waals surface area contributed by atoms with Gasteiger partial charge in [0, 0.05) is 12.6 Å². The molecule has 1 aromatic heterocycles. The van der Waals surface area contributed by atoms with Gasteiger partial charge in [-0.1, -0.05) is 38.4 Å². The van der Waals surface area contributed by atoms with Crippen LogP contribution in [0.4, 0.5) is 0 Å². The van der Waals surface area contributed by atoms with Crippen molar-refractivity contribution in [3.8, 4) is 0 Å². The summed E-state index contributed by atoms with van der Waals surface area (Å²) in [5, 5.41) is 10.8. The molecule has 0 aliphatic carbocycles. The number of hydrogen-bond acceptors (Lipinski definition) is 2. The van der Waals surface area contributed by atoms with Gasteiger partial charge in [0.15, 0.2) is 0 Å². The van der Waals surface area contributed by atoms with E-state index in [2.05, 4.69) is 4.98 Å². The monoisotopic (exact) mass is 227 g/mol. The van der Waals surface area contributed by atoms with Gasteiger partial charge in [0.25, 0.3) is 0 Å². The van der Waals surface area contributed by atoms with Crippen LogP contribution in [0.5, 0.6) is 0 Å². The van der Waals surface area contributed by atoms with Crippen molar-refractivity contribution in [1.82, 2.24) is 4.98 Å². The Bertz CT molecular complexity index is 342. The van der Waals surface area contributed by atoms with Gasteiger partial charge < -0.3 is 5.11 Å². The maximum Gasteiger partial charge on any atom is 0.132 e. The van der Waals surface area contributed by atoms with E-state index in [4.69, 9.17) is 11.6 Å². The lowest BCUT2D eigenvalue weighted by Crippen LogP contribution is -2.41. The second kappa shape index (κ2) is 4.11. The summed E-state index contributed by atoms with van der Waals surface area (Å²) in [6.45, 7) is 7.86. The highest BCUT2D eigenvalue weighted by Crippen LogP contribution is 2.33. The molecule has 3 heteroatoms. The summed E-state index contributed by atoms with van der Waals surface area (Å²) < 4.78 is 0. The third-order valence-electron chi connectivity index (χ3n) is 2.99. The summed E-state index contributed by atoms with van der Waals surface area (Å²) in [7, 11) is 0. The van der Waals surface area contributed by atoms with E-state index in [1.807, 2.05) is 39.8 Å². The Morgan fingerprint density at radius 3 is 2.40 bits per heavy atom. The molecule has 0 bridgehead atoms. The molecule has 2 nitrogen and oxygen atoms in total.